The number of hydrogen-bond donors (Lipinski definition) is 3. The van der Waals surface area contributed by atoms with E-state index < -0.39 is 17.7 Å². The molecule has 0 radical (unpaired) electrons. The lowest BCUT2D eigenvalue weighted by Crippen LogP contribution is -2.51. The number of anilines is 2. The number of nitrogens with zero attached hydrogens (tertiary/aromatic N) is 8. The minimum Gasteiger partial charge on any atom is -0.508 e. The highest BCUT2D eigenvalue weighted by Gasteiger charge is 2.46. The summed E-state index contributed by atoms with van der Waals surface area (Å²) in [6, 6.07) is 10.8. The molecule has 7 heterocycles. The quantitative estimate of drug-likeness (QED) is 0.103. The number of hydrogen-bond acceptors (Lipinski definition) is 12. The number of ether oxygens (including phenoxy) is 1. The Balaban J connectivity index is 0.641. The molecule has 2 bridgehead atoms. The summed E-state index contributed by atoms with van der Waals surface area (Å²) < 4.78 is 38.7. The van der Waals surface area contributed by atoms with E-state index in [2.05, 4.69) is 36.2 Å². The largest absolute Gasteiger partial charge is 0.508 e. The highest BCUT2D eigenvalue weighted by Crippen LogP contribution is 2.49. The molecule has 1 spiro atoms. The number of urea groups is 1. The van der Waals surface area contributed by atoms with Crippen LogP contribution < -0.4 is 25.2 Å². The summed E-state index contributed by atoms with van der Waals surface area (Å²) in [5.74, 6) is 1.85. The van der Waals surface area contributed by atoms with Crippen molar-refractivity contribution in [3.63, 3.8) is 0 Å². The Bertz CT molecular complexity index is 3110. The number of fused-ring (bicyclic) bond motifs is 4. The Labute approximate surface area is 440 Å². The zero-order valence-electron chi connectivity index (χ0n) is 42.2. The first kappa shape index (κ1) is 49.7. The minimum atomic E-state index is -0.726. The van der Waals surface area contributed by atoms with Crippen molar-refractivity contribution in [3.8, 4) is 35.4 Å². The van der Waals surface area contributed by atoms with Crippen molar-refractivity contribution in [1.29, 1.82) is 0 Å². The molecule has 2 aromatic heterocycles. The van der Waals surface area contributed by atoms with Crippen molar-refractivity contribution in [2.75, 3.05) is 88.4 Å². The molecule has 7 aliphatic rings. The van der Waals surface area contributed by atoms with Gasteiger partial charge in [0.05, 0.1) is 28.3 Å². The highest BCUT2D eigenvalue weighted by atomic mass is 35.5. The summed E-state index contributed by atoms with van der Waals surface area (Å²) in [5, 5.41) is 18.3. The van der Waals surface area contributed by atoms with Gasteiger partial charge in [0.25, 0.3) is 5.91 Å². The molecule has 15 nitrogen and oxygen atoms in total. The second-order valence-corrected chi connectivity index (χ2v) is 23.0. The number of nitrogens with one attached hydrogen (secondary N) is 2. The molecule has 2 saturated carbocycles. The zero-order valence-corrected chi connectivity index (χ0v) is 42.9. The first-order chi connectivity index (χ1) is 36.3. The molecule has 7 fully saturated rings. The number of carbonyl (C=O) groups is 3. The molecular formula is C57H63ClF2N10O5. The van der Waals surface area contributed by atoms with Crippen LogP contribution in [0.2, 0.25) is 5.02 Å². The summed E-state index contributed by atoms with van der Waals surface area (Å²) in [6.07, 6.45) is 19.8. The Hall–Kier alpha value is -6.19. The van der Waals surface area contributed by atoms with Crippen LogP contribution in [0.3, 0.4) is 0 Å². The molecule has 3 aromatic carbocycles. The van der Waals surface area contributed by atoms with Crippen LogP contribution in [0.1, 0.15) is 93.0 Å². The van der Waals surface area contributed by atoms with Gasteiger partial charge in [-0.2, -0.15) is 9.97 Å². The summed E-state index contributed by atoms with van der Waals surface area (Å²) in [5.41, 5.74) is 1.27. The third-order valence-electron chi connectivity index (χ3n) is 17.8. The van der Waals surface area contributed by atoms with Crippen LogP contribution >= 0.6 is 11.6 Å². The van der Waals surface area contributed by atoms with Crippen LogP contribution in [0.5, 0.6) is 11.8 Å². The summed E-state index contributed by atoms with van der Waals surface area (Å²) in [4.78, 5) is 62.9. The van der Waals surface area contributed by atoms with Crippen molar-refractivity contribution >= 4 is 62.6 Å². The monoisotopic (exact) mass is 1040 g/mol. The van der Waals surface area contributed by atoms with Crippen LogP contribution in [0, 0.1) is 40.7 Å². The second kappa shape index (κ2) is 20.1. The van der Waals surface area contributed by atoms with Crippen LogP contribution in [-0.2, 0) is 4.79 Å². The van der Waals surface area contributed by atoms with E-state index in [9.17, 15) is 19.5 Å². The number of carbonyl (C=O) groups excluding carboxylic acids is 3. The lowest BCUT2D eigenvalue weighted by atomic mass is 9.65. The molecule has 5 aliphatic heterocycles. The fourth-order valence-corrected chi connectivity index (χ4v) is 13.3. The Morgan fingerprint density at radius 1 is 0.893 bits per heavy atom. The van der Waals surface area contributed by atoms with Gasteiger partial charge in [-0.25, -0.2) is 13.6 Å². The number of aromatic nitrogens is 3. The fraction of sp³-hybridized carbons (Fsp3) is 0.509. The molecule has 2 aliphatic carbocycles. The molecule has 5 saturated heterocycles. The van der Waals surface area contributed by atoms with E-state index in [0.717, 1.165) is 77.8 Å². The lowest BCUT2D eigenvalue weighted by Gasteiger charge is -2.46. The van der Waals surface area contributed by atoms with E-state index in [1.54, 1.807) is 24.4 Å². The molecule has 4 amide bonds. The molecule has 2 unspecified atom stereocenters. The van der Waals surface area contributed by atoms with Gasteiger partial charge in [-0.05, 0) is 130 Å². The van der Waals surface area contributed by atoms with Crippen molar-refractivity contribution in [2.45, 2.75) is 89.1 Å². The van der Waals surface area contributed by atoms with Crippen LogP contribution in [0.25, 0.3) is 32.9 Å². The molecule has 75 heavy (non-hydrogen) atoms. The number of phenols is 1. The van der Waals surface area contributed by atoms with Crippen molar-refractivity contribution in [1.82, 2.24) is 40.3 Å². The van der Waals surface area contributed by atoms with E-state index in [4.69, 9.17) is 32.7 Å². The van der Waals surface area contributed by atoms with E-state index >= 15 is 8.78 Å². The SMILES string of the molecule is C#Cc1c(F)ccc2cc(O)cc(-c3ncc4c(N5CC6CCC(C5)N6)nc(OCC5(CN6CCN(CCC7CCC8(CC7)CCN(C(=O)c7ccc(Cl)c(N9CCC(=O)NC9=O)c7)CC8)CC6)CC5)nc4c3F)c12. The van der Waals surface area contributed by atoms with Crippen LogP contribution in [0.15, 0.2) is 48.7 Å². The number of amides is 4. The maximum Gasteiger partial charge on any atom is 0.328 e. The normalized spacial score (nSPS) is 23.0. The summed E-state index contributed by atoms with van der Waals surface area (Å²) in [6.45, 7) is 9.55. The Morgan fingerprint density at radius 2 is 1.64 bits per heavy atom. The number of likely N-dealkylation sites (tertiary alicyclic amines) is 1. The average Bonchev–Trinajstić information content (AvgIpc) is 4.10. The van der Waals surface area contributed by atoms with Gasteiger partial charge in [-0.15, -0.1) is 6.42 Å². The first-order valence-corrected chi connectivity index (χ1v) is 27.3. The number of rotatable bonds is 12. The maximum absolute atomic E-state index is 17.2. The van der Waals surface area contributed by atoms with E-state index in [0.29, 0.717) is 83.7 Å². The van der Waals surface area contributed by atoms with Crippen LogP contribution in [-0.4, -0.2) is 143 Å². The van der Waals surface area contributed by atoms with Crippen molar-refractivity contribution in [3.05, 3.63) is 76.4 Å². The number of halogens is 3. The molecule has 12 rings (SSSR count). The standard InChI is InChI=1S/C57H63ClF2N10O5/c1-2-41-45(59)8-4-36-27-40(71)29-42(48(36)41)50-49(60)51-43(30-61-50)52(69-31-38-5-6-39(32-69)62-38)65-54(64-51)75-34-57(15-16-57)33-67-25-23-66(24-26-67)19-11-35-9-13-56(14-10-35)17-21-68(22-18-56)53(73)37-3-7-44(58)46(28-37)70-20-12-47(72)63-55(70)74/h1,3-4,7-8,27-30,35,38-39,62,71H,5-6,9-26,31-34H2,(H,63,72,74). The summed E-state index contributed by atoms with van der Waals surface area (Å²) >= 11 is 6.46. The zero-order chi connectivity index (χ0) is 51.6. The van der Waals surface area contributed by atoms with Crippen molar-refractivity contribution in [2.24, 2.45) is 16.7 Å². The number of terminal acetylenes is 1. The Kier molecular flexibility index (Phi) is 13.3. The number of piperidine rings is 1. The smallest absolute Gasteiger partial charge is 0.328 e. The Morgan fingerprint density at radius 3 is 2.36 bits per heavy atom. The number of aromatic hydroxyl groups is 1. The topological polar surface area (TPSA) is 160 Å². The van der Waals surface area contributed by atoms with Gasteiger partial charge in [0, 0.05) is 112 Å². The number of pyridine rings is 1. The number of benzene rings is 3. The number of phenolic OH excluding ortho intramolecular Hbond substituents is 1. The minimum absolute atomic E-state index is 0.0363. The fourth-order valence-electron chi connectivity index (χ4n) is 13.1. The van der Waals surface area contributed by atoms with Gasteiger partial charge in [-0.1, -0.05) is 23.6 Å². The lowest BCUT2D eigenvalue weighted by molar-refractivity contribution is -0.120. The van der Waals surface area contributed by atoms with E-state index in [1.165, 1.54) is 61.3 Å². The molecule has 392 valence electrons. The van der Waals surface area contributed by atoms with Crippen molar-refractivity contribution < 1.29 is 33.0 Å². The van der Waals surface area contributed by atoms with Gasteiger partial charge in [0.2, 0.25) is 5.91 Å². The third kappa shape index (κ3) is 9.95. The molecule has 3 N–H and O–H groups in total. The molecular weight excluding hydrogens is 978 g/mol. The predicted octanol–water partition coefficient (Wildman–Crippen LogP) is 8.13. The second-order valence-electron chi connectivity index (χ2n) is 22.6. The molecule has 18 heteroatoms. The van der Waals surface area contributed by atoms with Gasteiger partial charge in [0.1, 0.15) is 28.6 Å². The number of imide groups is 1. The van der Waals surface area contributed by atoms with Gasteiger partial charge >= 0.3 is 12.0 Å². The maximum atomic E-state index is 17.2. The third-order valence-corrected chi connectivity index (χ3v) is 18.1. The average molecular weight is 1040 g/mol. The van der Waals surface area contributed by atoms with Gasteiger partial charge < -0.3 is 34.8 Å². The van der Waals surface area contributed by atoms with Gasteiger partial charge in [0.15, 0.2) is 5.82 Å². The first-order valence-electron chi connectivity index (χ1n) is 26.9. The predicted molar refractivity (Wildman–Crippen MR) is 283 cm³/mol. The number of piperazine rings is 2. The van der Waals surface area contributed by atoms with Crippen LogP contribution in [0.4, 0.5) is 25.1 Å². The molecule has 2 atom stereocenters. The summed E-state index contributed by atoms with van der Waals surface area (Å²) in [7, 11) is 0. The van der Waals surface area contributed by atoms with E-state index in [-0.39, 0.29) is 75.1 Å². The highest BCUT2D eigenvalue weighted by molar-refractivity contribution is 6.34. The molecule has 5 aromatic rings. The van der Waals surface area contributed by atoms with E-state index in [1.807, 2.05) is 4.90 Å². The van der Waals surface area contributed by atoms with Gasteiger partial charge in [-0.3, -0.25) is 24.8 Å².